The van der Waals surface area contributed by atoms with E-state index in [2.05, 4.69) is 83.0 Å². The van der Waals surface area contributed by atoms with Gasteiger partial charge in [-0.2, -0.15) is 5.26 Å². The molecule has 0 aromatic carbocycles. The van der Waals surface area contributed by atoms with Crippen molar-refractivity contribution in [3.8, 4) is 6.07 Å². The van der Waals surface area contributed by atoms with Crippen LogP contribution in [0.15, 0.2) is 36.1 Å². The van der Waals surface area contributed by atoms with Gasteiger partial charge in [-0.15, -0.1) is 0 Å². The van der Waals surface area contributed by atoms with E-state index in [1.165, 1.54) is 5.70 Å². The first-order chi connectivity index (χ1) is 10.8. The monoisotopic (exact) mass is 314 g/mol. The summed E-state index contributed by atoms with van der Waals surface area (Å²) in [6.45, 7) is 11.2. The van der Waals surface area contributed by atoms with Gasteiger partial charge >= 0.3 is 0 Å². The number of hydrogen-bond acceptors (Lipinski definition) is 2. The lowest BCUT2D eigenvalue weighted by molar-refractivity contribution is 0.155. The van der Waals surface area contributed by atoms with Crippen LogP contribution < -0.4 is 0 Å². The number of nitriles is 1. The largest absolute Gasteiger partial charge is 0.375 e. The first-order valence-corrected chi connectivity index (χ1v) is 8.92. The molecular formula is C21H34N2. The molecule has 0 heterocycles. The summed E-state index contributed by atoms with van der Waals surface area (Å²) in [5.41, 5.74) is 1.63. The van der Waals surface area contributed by atoms with Gasteiger partial charge < -0.3 is 4.90 Å². The van der Waals surface area contributed by atoms with Crippen molar-refractivity contribution >= 4 is 0 Å². The molecule has 0 aliphatic heterocycles. The Morgan fingerprint density at radius 2 is 2.00 bits per heavy atom. The smallest absolute Gasteiger partial charge is 0.0661 e. The van der Waals surface area contributed by atoms with Gasteiger partial charge in [0.05, 0.1) is 12.0 Å². The van der Waals surface area contributed by atoms with Crippen molar-refractivity contribution in [1.82, 2.24) is 4.90 Å². The second-order valence-electron chi connectivity index (χ2n) is 7.79. The van der Waals surface area contributed by atoms with Crippen LogP contribution in [-0.2, 0) is 0 Å². The molecule has 1 rings (SSSR count). The van der Waals surface area contributed by atoms with E-state index in [0.29, 0.717) is 12.0 Å². The lowest BCUT2D eigenvalue weighted by Gasteiger charge is -2.40. The second-order valence-corrected chi connectivity index (χ2v) is 7.79. The Morgan fingerprint density at radius 3 is 2.52 bits per heavy atom. The van der Waals surface area contributed by atoms with Crippen molar-refractivity contribution in [3.63, 3.8) is 0 Å². The minimum Gasteiger partial charge on any atom is -0.375 e. The Kier molecular flexibility index (Phi) is 7.62. The molecule has 0 bridgehead atoms. The lowest BCUT2D eigenvalue weighted by Crippen LogP contribution is -2.40. The van der Waals surface area contributed by atoms with Gasteiger partial charge in [-0.25, -0.2) is 0 Å². The molecule has 0 saturated carbocycles. The summed E-state index contributed by atoms with van der Waals surface area (Å²) in [6, 6.07) is 2.88. The van der Waals surface area contributed by atoms with Crippen molar-refractivity contribution in [2.75, 3.05) is 7.05 Å². The van der Waals surface area contributed by atoms with E-state index in [9.17, 15) is 0 Å². The zero-order valence-corrected chi connectivity index (χ0v) is 15.8. The number of nitrogens with zero attached hydrogens (tertiary/aromatic N) is 2. The van der Waals surface area contributed by atoms with Gasteiger partial charge in [0.15, 0.2) is 0 Å². The third-order valence-corrected chi connectivity index (χ3v) is 5.33. The molecule has 0 amide bonds. The molecule has 0 aromatic rings. The summed E-state index contributed by atoms with van der Waals surface area (Å²) in [7, 11) is 2.21. The summed E-state index contributed by atoms with van der Waals surface area (Å²) in [6.07, 6.45) is 15.3. The summed E-state index contributed by atoms with van der Waals surface area (Å²) in [5.74, 6) is 0.558. The minimum absolute atomic E-state index is 0.133. The van der Waals surface area contributed by atoms with E-state index in [4.69, 9.17) is 5.26 Å². The van der Waals surface area contributed by atoms with Crippen molar-refractivity contribution in [3.05, 3.63) is 36.1 Å². The fourth-order valence-corrected chi connectivity index (χ4v) is 2.93. The molecular weight excluding hydrogens is 280 g/mol. The Hall–Kier alpha value is -1.49. The quantitative estimate of drug-likeness (QED) is 0.537. The maximum Gasteiger partial charge on any atom is 0.0661 e. The molecule has 0 saturated heterocycles. The van der Waals surface area contributed by atoms with Crippen molar-refractivity contribution in [2.45, 2.75) is 66.3 Å². The van der Waals surface area contributed by atoms with E-state index in [0.717, 1.165) is 25.7 Å². The van der Waals surface area contributed by atoms with E-state index in [1.807, 2.05) is 0 Å². The lowest BCUT2D eigenvalue weighted by atomic mass is 9.80. The minimum atomic E-state index is 0.133. The normalized spacial score (nSPS) is 17.9. The van der Waals surface area contributed by atoms with Gasteiger partial charge in [0, 0.05) is 18.8 Å². The van der Waals surface area contributed by atoms with Crippen LogP contribution in [-0.4, -0.2) is 18.0 Å². The number of rotatable bonds is 8. The molecule has 1 aliphatic rings. The average Bonchev–Trinajstić information content (AvgIpc) is 2.53. The fourth-order valence-electron chi connectivity index (χ4n) is 2.93. The molecule has 0 fully saturated rings. The third kappa shape index (κ3) is 5.90. The van der Waals surface area contributed by atoms with Gasteiger partial charge in [0.25, 0.3) is 0 Å². The van der Waals surface area contributed by atoms with E-state index in [-0.39, 0.29) is 11.3 Å². The topological polar surface area (TPSA) is 27.0 Å². The molecule has 0 spiro atoms. The van der Waals surface area contributed by atoms with Crippen molar-refractivity contribution < 1.29 is 0 Å². The van der Waals surface area contributed by atoms with Crippen LogP contribution in [0.3, 0.4) is 0 Å². The molecule has 2 atom stereocenters. The predicted molar refractivity (Wildman–Crippen MR) is 99.8 cm³/mol. The van der Waals surface area contributed by atoms with Gasteiger partial charge in [-0.3, -0.25) is 0 Å². The molecule has 1 aliphatic carbocycles. The van der Waals surface area contributed by atoms with Gasteiger partial charge in [0.1, 0.15) is 0 Å². The maximum atomic E-state index is 9.16. The molecule has 2 unspecified atom stereocenters. The average molecular weight is 315 g/mol. The Balaban J connectivity index is 2.58. The Labute approximate surface area is 143 Å². The second kappa shape index (κ2) is 8.96. The summed E-state index contributed by atoms with van der Waals surface area (Å²) >= 11 is 0. The molecule has 2 heteroatoms. The Morgan fingerprint density at radius 1 is 1.30 bits per heavy atom. The van der Waals surface area contributed by atoms with E-state index >= 15 is 0 Å². The van der Waals surface area contributed by atoms with Crippen LogP contribution in [0, 0.1) is 28.6 Å². The highest BCUT2D eigenvalue weighted by atomic mass is 15.1. The van der Waals surface area contributed by atoms with Crippen molar-refractivity contribution in [1.29, 1.82) is 5.26 Å². The van der Waals surface area contributed by atoms with Crippen LogP contribution in [0.4, 0.5) is 0 Å². The predicted octanol–water partition coefficient (Wildman–Crippen LogP) is 5.70. The highest BCUT2D eigenvalue weighted by molar-refractivity contribution is 5.17. The molecule has 2 nitrogen and oxygen atoms in total. The van der Waals surface area contributed by atoms with Crippen LogP contribution in [0.2, 0.25) is 0 Å². The van der Waals surface area contributed by atoms with E-state index < -0.39 is 0 Å². The highest BCUT2D eigenvalue weighted by Crippen LogP contribution is 2.32. The molecule has 128 valence electrons. The van der Waals surface area contributed by atoms with Crippen LogP contribution in [0.1, 0.15) is 60.3 Å². The van der Waals surface area contributed by atoms with Crippen molar-refractivity contribution in [2.24, 2.45) is 17.3 Å². The maximum absolute atomic E-state index is 9.16. The van der Waals surface area contributed by atoms with Crippen LogP contribution >= 0.6 is 0 Å². The van der Waals surface area contributed by atoms with Gasteiger partial charge in [-0.05, 0) is 50.0 Å². The zero-order valence-electron chi connectivity index (χ0n) is 15.8. The molecule has 0 N–H and O–H groups in total. The van der Waals surface area contributed by atoms with Crippen LogP contribution in [0.5, 0.6) is 0 Å². The first kappa shape index (κ1) is 19.6. The standard InChI is InChI=1S/C21H34N2/c1-17(2)19(16-22)12-10-11-15-21(4,5)18(3)23(6)20-13-8-7-9-14-20/h7-8,10-11,13,17-19H,9,12,14-15H2,1-6H3/b11-10+. The SMILES string of the molecule is CC(C)C(C#N)C/C=C/CC(C)(C)C(C)N(C)C1=CC=CCC1. The number of allylic oxidation sites excluding steroid dienone is 6. The van der Waals surface area contributed by atoms with Gasteiger partial charge in [-0.1, -0.05) is 52.0 Å². The molecule has 0 radical (unpaired) electrons. The third-order valence-electron chi connectivity index (χ3n) is 5.33. The van der Waals surface area contributed by atoms with Gasteiger partial charge in [0.2, 0.25) is 0 Å². The highest BCUT2D eigenvalue weighted by Gasteiger charge is 2.28. The van der Waals surface area contributed by atoms with Crippen LogP contribution in [0.25, 0.3) is 0 Å². The summed E-state index contributed by atoms with van der Waals surface area (Å²) < 4.78 is 0. The molecule has 23 heavy (non-hydrogen) atoms. The van der Waals surface area contributed by atoms with E-state index in [1.54, 1.807) is 0 Å². The Bertz CT molecular complexity index is 488. The molecule has 0 aromatic heterocycles. The summed E-state index contributed by atoms with van der Waals surface area (Å²) in [4.78, 5) is 2.43. The summed E-state index contributed by atoms with van der Waals surface area (Å²) in [5, 5.41) is 9.16. The first-order valence-electron chi connectivity index (χ1n) is 8.92. The fraction of sp³-hybridized carbons (Fsp3) is 0.667. The number of hydrogen-bond donors (Lipinski definition) is 0. The zero-order chi connectivity index (χ0) is 17.5.